The second kappa shape index (κ2) is 19.3. The lowest BCUT2D eigenvalue weighted by Gasteiger charge is -2.33. The first-order valence-electron chi connectivity index (χ1n) is 14.7. The maximum atomic E-state index is 12.2. The fraction of sp³-hybridized carbons (Fsp3) is 0.594. The number of ether oxygens (including phenoxy) is 3. The number of halogens is 1. The first kappa shape index (κ1) is 38.9. The van der Waals surface area contributed by atoms with Crippen molar-refractivity contribution in [2.24, 2.45) is 5.92 Å². The predicted molar refractivity (Wildman–Crippen MR) is 171 cm³/mol. The van der Waals surface area contributed by atoms with Gasteiger partial charge in [0.25, 0.3) is 0 Å². The number of carboxylic acid groups (broad SMARTS) is 1. The highest BCUT2D eigenvalue weighted by Crippen LogP contribution is 2.46. The molecule has 1 aromatic carbocycles. The highest BCUT2D eigenvalue weighted by molar-refractivity contribution is 6.32. The van der Waals surface area contributed by atoms with Crippen LogP contribution in [0.15, 0.2) is 42.0 Å². The van der Waals surface area contributed by atoms with E-state index in [4.69, 9.17) is 36.0 Å². The first-order valence-corrected chi connectivity index (χ1v) is 15.1. The largest absolute Gasteiger partial charge is 0.495 e. The standard InChI is InChI=1S/C27H37ClN2O5.C4H9NO2.CH4O/c1-17(14-19-10-11-21(28)23(15-19)33-5)8-6-7-9-20-16-22(34-26(32)30-20)18(2)25-27(3,35-25)13-12-24(31)29-4;1-3(5-2)4(6)7;1-2/h6-8,10-11,15,18,20,22,25H,9,12-14,16H2,1-5H3,(H,29,31)(H,30,32);3,5H,1-2H3,(H,6,7);2H,1H3/b7-6+,17-8+;;/t18-,20?,22?,25?,27?;;/m1../s1. The number of likely N-dealkylation sites (N-methyl/N-ethyl adjacent to an activating group) is 1. The van der Waals surface area contributed by atoms with Gasteiger partial charge in [-0.1, -0.05) is 48.4 Å². The number of cyclic esters (lactones) is 1. The van der Waals surface area contributed by atoms with Gasteiger partial charge in [-0.25, -0.2) is 4.79 Å². The zero-order chi connectivity index (χ0) is 33.4. The van der Waals surface area contributed by atoms with Crippen molar-refractivity contribution in [1.82, 2.24) is 16.0 Å². The number of methoxy groups -OCH3 is 1. The van der Waals surface area contributed by atoms with E-state index in [9.17, 15) is 14.4 Å². The van der Waals surface area contributed by atoms with Gasteiger partial charge >= 0.3 is 12.1 Å². The fourth-order valence-corrected chi connectivity index (χ4v) is 4.99. The van der Waals surface area contributed by atoms with Crippen LogP contribution in [0.4, 0.5) is 4.79 Å². The predicted octanol–water partition coefficient (Wildman–Crippen LogP) is 4.26. The van der Waals surface area contributed by atoms with Crippen LogP contribution in [-0.4, -0.2) is 86.4 Å². The minimum absolute atomic E-state index is 0.00468. The fourth-order valence-electron chi connectivity index (χ4n) is 4.80. The molecule has 12 heteroatoms. The normalized spacial score (nSPS) is 23.9. The van der Waals surface area contributed by atoms with E-state index in [1.807, 2.05) is 31.2 Å². The van der Waals surface area contributed by atoms with Crippen LogP contribution in [0.25, 0.3) is 0 Å². The number of allylic oxidation sites excluding steroid dienone is 3. The zero-order valence-electron chi connectivity index (χ0n) is 27.1. The van der Waals surface area contributed by atoms with Gasteiger partial charge in [0, 0.05) is 39.0 Å². The Balaban J connectivity index is 0.000000945. The Bertz CT molecular complexity index is 1140. The maximum absolute atomic E-state index is 12.2. The average molecular weight is 640 g/mol. The van der Waals surface area contributed by atoms with Crippen LogP contribution < -0.4 is 20.7 Å². The molecule has 44 heavy (non-hydrogen) atoms. The Labute approximate surface area is 266 Å². The smallest absolute Gasteiger partial charge is 0.407 e. The van der Waals surface area contributed by atoms with E-state index < -0.39 is 12.0 Å². The van der Waals surface area contributed by atoms with E-state index in [1.54, 1.807) is 28.1 Å². The number of aliphatic carboxylic acids is 1. The molecule has 1 aromatic rings. The lowest BCUT2D eigenvalue weighted by Crippen LogP contribution is -2.48. The molecule has 0 bridgehead atoms. The molecule has 11 nitrogen and oxygen atoms in total. The number of carboxylic acids is 1. The van der Waals surface area contributed by atoms with Gasteiger partial charge < -0.3 is 40.4 Å². The minimum Gasteiger partial charge on any atom is -0.495 e. The molecule has 2 saturated heterocycles. The molecule has 0 aliphatic carbocycles. The molecule has 6 atom stereocenters. The summed E-state index contributed by atoms with van der Waals surface area (Å²) in [6, 6.07) is 5.37. The Morgan fingerprint density at radius 3 is 2.52 bits per heavy atom. The van der Waals surface area contributed by atoms with Gasteiger partial charge in [0.05, 0.1) is 23.8 Å². The quantitative estimate of drug-likeness (QED) is 0.157. The van der Waals surface area contributed by atoms with Gasteiger partial charge in [0.2, 0.25) is 5.91 Å². The number of aliphatic hydroxyl groups excluding tert-OH is 1. The van der Waals surface area contributed by atoms with Crippen molar-refractivity contribution in [3.05, 3.63) is 52.6 Å². The summed E-state index contributed by atoms with van der Waals surface area (Å²) in [7, 11) is 5.86. The number of hydrogen-bond donors (Lipinski definition) is 5. The molecule has 0 radical (unpaired) electrons. The molecule has 248 valence electrons. The molecular weight excluding hydrogens is 590 g/mol. The summed E-state index contributed by atoms with van der Waals surface area (Å²) >= 11 is 6.10. The molecule has 2 aliphatic rings. The summed E-state index contributed by atoms with van der Waals surface area (Å²) in [4.78, 5) is 33.6. The monoisotopic (exact) mass is 639 g/mol. The number of aliphatic hydroxyl groups is 1. The van der Waals surface area contributed by atoms with Crippen molar-refractivity contribution in [1.29, 1.82) is 0 Å². The molecule has 0 saturated carbocycles. The first-order chi connectivity index (χ1) is 20.8. The van der Waals surface area contributed by atoms with E-state index in [1.165, 1.54) is 5.57 Å². The molecule has 2 fully saturated rings. The zero-order valence-corrected chi connectivity index (χ0v) is 27.9. The number of hydrogen-bond acceptors (Lipinski definition) is 8. The number of nitrogens with one attached hydrogen (secondary N) is 3. The number of carbonyl (C=O) groups is 3. The van der Waals surface area contributed by atoms with Crippen LogP contribution in [-0.2, 0) is 25.5 Å². The van der Waals surface area contributed by atoms with Gasteiger partial charge in [-0.15, -0.1) is 0 Å². The number of amides is 2. The third-order valence-corrected chi connectivity index (χ3v) is 7.98. The maximum Gasteiger partial charge on any atom is 0.407 e. The molecule has 5 N–H and O–H groups in total. The second-order valence-corrected chi connectivity index (χ2v) is 11.5. The van der Waals surface area contributed by atoms with Crippen LogP contribution in [0.3, 0.4) is 0 Å². The topological polar surface area (TPSA) is 159 Å². The van der Waals surface area contributed by atoms with Crippen molar-refractivity contribution >= 4 is 29.6 Å². The van der Waals surface area contributed by atoms with Crippen molar-refractivity contribution in [2.75, 3.05) is 28.3 Å². The van der Waals surface area contributed by atoms with Gasteiger partial charge in [-0.05, 0) is 64.8 Å². The minimum atomic E-state index is -0.817. The van der Waals surface area contributed by atoms with Crippen molar-refractivity contribution in [3.8, 4) is 5.75 Å². The van der Waals surface area contributed by atoms with Crippen molar-refractivity contribution < 1.29 is 38.8 Å². The van der Waals surface area contributed by atoms with E-state index in [-0.39, 0.29) is 41.8 Å². The highest BCUT2D eigenvalue weighted by Gasteiger charge is 2.57. The number of epoxide rings is 1. The van der Waals surface area contributed by atoms with Crippen molar-refractivity contribution in [2.45, 2.75) is 89.7 Å². The second-order valence-electron chi connectivity index (χ2n) is 11.1. The molecule has 2 amide bonds. The summed E-state index contributed by atoms with van der Waals surface area (Å²) in [6.07, 6.45) is 8.88. The molecule has 5 unspecified atom stereocenters. The van der Waals surface area contributed by atoms with Gasteiger partial charge in [0.1, 0.15) is 17.9 Å². The average Bonchev–Trinajstić information content (AvgIpc) is 3.70. The highest BCUT2D eigenvalue weighted by atomic mass is 35.5. The number of rotatable bonds is 13. The lowest BCUT2D eigenvalue weighted by atomic mass is 9.86. The van der Waals surface area contributed by atoms with Crippen LogP contribution >= 0.6 is 11.6 Å². The number of alkyl carbamates (subject to hydrolysis) is 1. The van der Waals surface area contributed by atoms with Crippen LogP contribution in [0, 0.1) is 5.92 Å². The van der Waals surface area contributed by atoms with Crippen molar-refractivity contribution in [3.63, 3.8) is 0 Å². The van der Waals surface area contributed by atoms with Gasteiger partial charge in [0.15, 0.2) is 0 Å². The van der Waals surface area contributed by atoms with E-state index in [0.717, 1.165) is 31.9 Å². The third kappa shape index (κ3) is 12.9. The molecule has 0 spiro atoms. The summed E-state index contributed by atoms with van der Waals surface area (Å²) in [6.45, 7) is 7.75. The molecule has 2 aliphatic heterocycles. The molecule has 3 rings (SSSR count). The molecule has 2 heterocycles. The third-order valence-electron chi connectivity index (χ3n) is 7.67. The molecule has 0 aromatic heterocycles. The number of carbonyl (C=O) groups excluding carboxylic acids is 2. The lowest BCUT2D eigenvalue weighted by molar-refractivity contribution is -0.138. The summed E-state index contributed by atoms with van der Waals surface area (Å²) in [5, 5.41) is 23.9. The Morgan fingerprint density at radius 1 is 1.27 bits per heavy atom. The van der Waals surface area contributed by atoms with Crippen LogP contribution in [0.5, 0.6) is 5.75 Å². The summed E-state index contributed by atoms with van der Waals surface area (Å²) < 4.78 is 16.8. The molecular formula is C32H50ClN3O8. The SMILES string of the molecule is CNC(=O)CCC1(C)OC1[C@H](C)C1CC(C/C=C/C=C(\C)Cc2ccc(Cl)c(OC)c2)NC(=O)O1.CNC(C)C(=O)O.CO. The number of benzene rings is 1. The van der Waals surface area contributed by atoms with E-state index in [0.29, 0.717) is 23.6 Å². The Morgan fingerprint density at radius 2 is 1.95 bits per heavy atom. The van der Waals surface area contributed by atoms with Gasteiger partial charge in [-0.2, -0.15) is 0 Å². The van der Waals surface area contributed by atoms with E-state index in [2.05, 4.69) is 41.9 Å². The summed E-state index contributed by atoms with van der Waals surface area (Å²) in [5.74, 6) is -0.0800. The van der Waals surface area contributed by atoms with Crippen LogP contribution in [0.1, 0.15) is 58.9 Å². The Kier molecular flexibility index (Phi) is 17.1. The Hall–Kier alpha value is -3.12. The van der Waals surface area contributed by atoms with E-state index >= 15 is 0 Å². The van der Waals surface area contributed by atoms with Crippen LogP contribution in [0.2, 0.25) is 5.02 Å². The summed E-state index contributed by atoms with van der Waals surface area (Å²) in [5.41, 5.74) is 2.00. The van der Waals surface area contributed by atoms with Gasteiger partial charge in [-0.3, -0.25) is 9.59 Å².